The first kappa shape index (κ1) is 20.0. The van der Waals surface area contributed by atoms with E-state index in [9.17, 15) is 4.79 Å². The molecule has 27 heavy (non-hydrogen) atoms. The van der Waals surface area contributed by atoms with E-state index in [1.165, 1.54) is 5.56 Å². The quantitative estimate of drug-likeness (QED) is 0.859. The number of nitrogens with zero attached hydrogens (tertiary/aromatic N) is 3. The monoisotopic (exact) mass is 374 g/mol. The number of methoxy groups -OCH3 is 1. The second kappa shape index (κ2) is 9.42. The van der Waals surface area contributed by atoms with Gasteiger partial charge in [-0.1, -0.05) is 18.2 Å². The molecule has 0 bridgehead atoms. The Bertz CT molecular complexity index is 608. The molecule has 0 aromatic heterocycles. The summed E-state index contributed by atoms with van der Waals surface area (Å²) < 4.78 is 5.50. The summed E-state index contributed by atoms with van der Waals surface area (Å²) in [4.78, 5) is 19.3. The number of benzene rings is 1. The summed E-state index contributed by atoms with van der Waals surface area (Å²) in [6.07, 6.45) is 1.98. The van der Waals surface area contributed by atoms with Gasteiger partial charge < -0.3 is 19.9 Å². The van der Waals surface area contributed by atoms with E-state index in [2.05, 4.69) is 41.2 Å². The van der Waals surface area contributed by atoms with Gasteiger partial charge in [0.25, 0.3) is 0 Å². The topological polar surface area (TPSA) is 48.1 Å². The number of hydrogen-bond donors (Lipinski definition) is 1. The molecule has 3 rings (SSSR count). The maximum atomic E-state index is 12.6. The van der Waals surface area contributed by atoms with Crippen LogP contribution in [0.4, 0.5) is 4.79 Å². The summed E-state index contributed by atoms with van der Waals surface area (Å²) in [6, 6.07) is 8.71. The number of hydrogen-bond acceptors (Lipinski definition) is 4. The third-order valence-corrected chi connectivity index (χ3v) is 6.07. The van der Waals surface area contributed by atoms with E-state index in [-0.39, 0.29) is 6.03 Å². The number of amides is 2. The van der Waals surface area contributed by atoms with E-state index in [1.807, 2.05) is 17.0 Å². The van der Waals surface area contributed by atoms with Crippen LogP contribution in [0.2, 0.25) is 0 Å². The fourth-order valence-corrected chi connectivity index (χ4v) is 4.14. The highest BCUT2D eigenvalue weighted by Crippen LogP contribution is 2.33. The molecular weight excluding hydrogens is 340 g/mol. The summed E-state index contributed by atoms with van der Waals surface area (Å²) in [6.45, 7) is 8.91. The molecule has 2 amide bonds. The first-order chi connectivity index (χ1) is 13.1. The Morgan fingerprint density at radius 2 is 1.81 bits per heavy atom. The molecule has 0 unspecified atom stereocenters. The van der Waals surface area contributed by atoms with Gasteiger partial charge in [0, 0.05) is 51.9 Å². The first-order valence-electron chi connectivity index (χ1n) is 10.2. The highest BCUT2D eigenvalue weighted by atomic mass is 16.5. The molecule has 6 nitrogen and oxygen atoms in total. The Morgan fingerprint density at radius 1 is 1.15 bits per heavy atom. The SMILES string of the molecule is COc1ccccc1C1CCN(C(=O)NC[C@@H](C)N2CCN(C)CC2)CC1. The summed E-state index contributed by atoms with van der Waals surface area (Å²) in [5.41, 5.74) is 1.27. The minimum absolute atomic E-state index is 0.0782. The van der Waals surface area contributed by atoms with Gasteiger partial charge in [-0.05, 0) is 44.4 Å². The zero-order chi connectivity index (χ0) is 19.2. The fraction of sp³-hybridized carbons (Fsp3) is 0.667. The summed E-state index contributed by atoms with van der Waals surface area (Å²) in [5, 5.41) is 3.14. The lowest BCUT2D eigenvalue weighted by Crippen LogP contribution is -2.53. The van der Waals surface area contributed by atoms with Crippen molar-refractivity contribution < 1.29 is 9.53 Å². The molecule has 2 aliphatic heterocycles. The number of urea groups is 1. The second-order valence-electron chi connectivity index (χ2n) is 7.88. The average molecular weight is 375 g/mol. The highest BCUT2D eigenvalue weighted by molar-refractivity contribution is 5.74. The average Bonchev–Trinajstić information content (AvgIpc) is 2.72. The van der Waals surface area contributed by atoms with Gasteiger partial charge >= 0.3 is 6.03 Å². The van der Waals surface area contributed by atoms with Crippen LogP contribution >= 0.6 is 0 Å². The van der Waals surface area contributed by atoms with Gasteiger partial charge in [0.1, 0.15) is 5.75 Å². The van der Waals surface area contributed by atoms with E-state index in [1.54, 1.807) is 7.11 Å². The summed E-state index contributed by atoms with van der Waals surface area (Å²) in [7, 11) is 3.89. The van der Waals surface area contributed by atoms with Gasteiger partial charge in [0.15, 0.2) is 0 Å². The van der Waals surface area contributed by atoms with Crippen molar-refractivity contribution in [3.8, 4) is 5.75 Å². The van der Waals surface area contributed by atoms with Crippen LogP contribution in [0, 0.1) is 0 Å². The smallest absolute Gasteiger partial charge is 0.317 e. The molecule has 1 N–H and O–H groups in total. The number of ether oxygens (including phenoxy) is 1. The Labute approximate surface area is 163 Å². The minimum Gasteiger partial charge on any atom is -0.496 e. The molecule has 1 aromatic rings. The highest BCUT2D eigenvalue weighted by Gasteiger charge is 2.26. The van der Waals surface area contributed by atoms with E-state index < -0.39 is 0 Å². The van der Waals surface area contributed by atoms with Crippen molar-refractivity contribution in [2.24, 2.45) is 0 Å². The van der Waals surface area contributed by atoms with Gasteiger partial charge in [-0.25, -0.2) is 4.79 Å². The van der Waals surface area contributed by atoms with Crippen molar-refractivity contribution in [1.29, 1.82) is 0 Å². The van der Waals surface area contributed by atoms with Crippen LogP contribution in [-0.2, 0) is 0 Å². The summed E-state index contributed by atoms with van der Waals surface area (Å²) in [5.74, 6) is 1.43. The fourth-order valence-electron chi connectivity index (χ4n) is 4.14. The Kier molecular flexibility index (Phi) is 6.96. The lowest BCUT2D eigenvalue weighted by molar-refractivity contribution is 0.116. The van der Waals surface area contributed by atoms with Crippen LogP contribution < -0.4 is 10.1 Å². The third kappa shape index (κ3) is 5.14. The molecular formula is C21H34N4O2. The van der Waals surface area contributed by atoms with Crippen molar-refractivity contribution in [3.05, 3.63) is 29.8 Å². The number of piperazine rings is 1. The first-order valence-corrected chi connectivity index (χ1v) is 10.2. The molecule has 1 atom stereocenters. The van der Waals surface area contributed by atoms with E-state index in [0.717, 1.165) is 64.4 Å². The Morgan fingerprint density at radius 3 is 2.48 bits per heavy atom. The maximum Gasteiger partial charge on any atom is 0.317 e. The molecule has 0 radical (unpaired) electrons. The maximum absolute atomic E-state index is 12.6. The zero-order valence-electron chi connectivity index (χ0n) is 17.0. The van der Waals surface area contributed by atoms with Gasteiger partial charge in [0.05, 0.1) is 7.11 Å². The lowest BCUT2D eigenvalue weighted by atomic mass is 9.89. The van der Waals surface area contributed by atoms with Gasteiger partial charge in [-0.2, -0.15) is 0 Å². The minimum atomic E-state index is 0.0782. The van der Waals surface area contributed by atoms with Crippen LogP contribution in [-0.4, -0.2) is 86.7 Å². The van der Waals surface area contributed by atoms with Gasteiger partial charge in [-0.15, -0.1) is 0 Å². The van der Waals surface area contributed by atoms with Crippen LogP contribution in [0.5, 0.6) is 5.75 Å². The van der Waals surface area contributed by atoms with Crippen molar-refractivity contribution in [2.75, 3.05) is 60.0 Å². The largest absolute Gasteiger partial charge is 0.496 e. The van der Waals surface area contributed by atoms with E-state index >= 15 is 0 Å². The molecule has 1 aromatic carbocycles. The number of likely N-dealkylation sites (tertiary alicyclic amines) is 1. The lowest BCUT2D eigenvalue weighted by Gasteiger charge is -2.37. The number of rotatable bonds is 5. The van der Waals surface area contributed by atoms with Crippen molar-refractivity contribution >= 4 is 6.03 Å². The summed E-state index contributed by atoms with van der Waals surface area (Å²) >= 11 is 0. The number of carbonyl (C=O) groups is 1. The van der Waals surface area contributed by atoms with Gasteiger partial charge in [-0.3, -0.25) is 4.90 Å². The van der Waals surface area contributed by atoms with Crippen molar-refractivity contribution in [3.63, 3.8) is 0 Å². The van der Waals surface area contributed by atoms with Crippen LogP contribution in [0.1, 0.15) is 31.2 Å². The molecule has 0 aliphatic carbocycles. The normalized spacial score (nSPS) is 21.1. The van der Waals surface area contributed by atoms with E-state index in [4.69, 9.17) is 4.74 Å². The van der Waals surface area contributed by atoms with Crippen LogP contribution in [0.15, 0.2) is 24.3 Å². The molecule has 0 saturated carbocycles. The number of para-hydroxylation sites is 1. The van der Waals surface area contributed by atoms with Gasteiger partial charge in [0.2, 0.25) is 0 Å². The number of piperidine rings is 1. The van der Waals surface area contributed by atoms with Crippen LogP contribution in [0.3, 0.4) is 0 Å². The third-order valence-electron chi connectivity index (χ3n) is 6.07. The molecule has 0 spiro atoms. The molecule has 2 saturated heterocycles. The van der Waals surface area contributed by atoms with Crippen molar-refractivity contribution in [1.82, 2.24) is 20.0 Å². The Hall–Kier alpha value is -1.79. The molecule has 6 heteroatoms. The number of carbonyl (C=O) groups excluding carboxylic acids is 1. The zero-order valence-corrected chi connectivity index (χ0v) is 17.0. The predicted octanol–water partition coefficient (Wildman–Crippen LogP) is 2.22. The molecule has 2 aliphatic rings. The number of nitrogens with one attached hydrogen (secondary N) is 1. The second-order valence-corrected chi connectivity index (χ2v) is 7.88. The van der Waals surface area contributed by atoms with Crippen molar-refractivity contribution in [2.45, 2.75) is 31.7 Å². The number of likely N-dealkylation sites (N-methyl/N-ethyl adjacent to an activating group) is 1. The van der Waals surface area contributed by atoms with E-state index in [0.29, 0.717) is 12.0 Å². The molecule has 150 valence electrons. The molecule has 2 fully saturated rings. The standard InChI is InChI=1S/C21H34N4O2/c1-17(24-14-12-23(2)13-15-24)16-22-21(26)25-10-8-18(9-11-25)19-6-4-5-7-20(19)27-3/h4-7,17-18H,8-16H2,1-3H3,(H,22,26)/t17-/m1/s1. The van der Waals surface area contributed by atoms with Crippen LogP contribution in [0.25, 0.3) is 0 Å². The molecule has 2 heterocycles. The Balaban J connectivity index is 1.43. The predicted molar refractivity (Wildman–Crippen MR) is 108 cm³/mol.